The number of hydrogen-bond acceptors (Lipinski definition) is 5. The number of nitrogens with zero attached hydrogens (tertiary/aromatic N) is 3. The smallest absolute Gasteiger partial charge is 0.214 e. The van der Waals surface area contributed by atoms with E-state index in [1.807, 2.05) is 41.3 Å². The normalized spacial score (nSPS) is 13.0. The molecule has 0 bridgehead atoms. The van der Waals surface area contributed by atoms with Crippen LogP contribution < -0.4 is 10.2 Å². The maximum absolute atomic E-state index is 13.2. The summed E-state index contributed by atoms with van der Waals surface area (Å²) < 4.78 is 20.4. The van der Waals surface area contributed by atoms with Crippen molar-refractivity contribution in [1.82, 2.24) is 14.9 Å². The lowest BCUT2D eigenvalue weighted by molar-refractivity contribution is 0.340. The first-order chi connectivity index (χ1) is 12.2. The monoisotopic (exact) mass is 354 g/mol. The highest BCUT2D eigenvalue weighted by molar-refractivity contribution is 8.02. The second-order valence-electron chi connectivity index (χ2n) is 5.37. The summed E-state index contributed by atoms with van der Waals surface area (Å²) in [6.07, 6.45) is 0. The Balaban J connectivity index is 1.62. The SMILES string of the molecule is CCOc1ccc(C2=CSc3nnc(-c4ccc(F)cc4)n3N2)cc1. The van der Waals surface area contributed by atoms with Gasteiger partial charge < -0.3 is 4.74 Å². The van der Waals surface area contributed by atoms with Gasteiger partial charge in [0.05, 0.1) is 12.3 Å². The standard InChI is InChI=1S/C18H15FN4OS/c1-2-24-15-9-5-12(6-10-15)16-11-25-18-21-20-17(23(18)22-16)13-3-7-14(19)8-4-13/h3-11,22H,2H2,1H3. The van der Waals surface area contributed by atoms with Crippen molar-refractivity contribution in [2.75, 3.05) is 12.0 Å². The van der Waals surface area contributed by atoms with Gasteiger partial charge in [-0.3, -0.25) is 5.43 Å². The lowest BCUT2D eigenvalue weighted by Gasteiger charge is -2.19. The van der Waals surface area contributed by atoms with E-state index in [1.54, 1.807) is 12.1 Å². The first kappa shape index (κ1) is 15.7. The van der Waals surface area contributed by atoms with E-state index in [1.165, 1.54) is 23.9 Å². The molecule has 25 heavy (non-hydrogen) atoms. The molecular weight excluding hydrogens is 339 g/mol. The number of rotatable bonds is 4. The molecule has 1 N–H and O–H groups in total. The Morgan fingerprint density at radius 2 is 1.76 bits per heavy atom. The minimum Gasteiger partial charge on any atom is -0.494 e. The van der Waals surface area contributed by atoms with E-state index in [0.717, 1.165) is 27.7 Å². The molecule has 1 aliphatic rings. The molecule has 2 heterocycles. The molecule has 2 aromatic carbocycles. The maximum Gasteiger partial charge on any atom is 0.214 e. The number of ether oxygens (including phenoxy) is 1. The summed E-state index contributed by atoms with van der Waals surface area (Å²) in [5.74, 6) is 1.20. The minimum atomic E-state index is -0.278. The van der Waals surface area contributed by atoms with Crippen molar-refractivity contribution in [3.63, 3.8) is 0 Å². The van der Waals surface area contributed by atoms with E-state index in [0.29, 0.717) is 12.4 Å². The van der Waals surface area contributed by atoms with Gasteiger partial charge in [0, 0.05) is 16.5 Å². The summed E-state index contributed by atoms with van der Waals surface area (Å²) in [5, 5.41) is 11.1. The van der Waals surface area contributed by atoms with E-state index in [2.05, 4.69) is 15.6 Å². The van der Waals surface area contributed by atoms with Crippen LogP contribution in [0.4, 0.5) is 4.39 Å². The summed E-state index contributed by atoms with van der Waals surface area (Å²) in [6.45, 7) is 2.60. The van der Waals surface area contributed by atoms with Crippen molar-refractivity contribution >= 4 is 17.5 Å². The number of nitrogens with one attached hydrogen (secondary N) is 1. The average molecular weight is 354 g/mol. The van der Waals surface area contributed by atoms with Gasteiger partial charge in [-0.05, 0) is 55.5 Å². The van der Waals surface area contributed by atoms with E-state index in [4.69, 9.17) is 4.74 Å². The van der Waals surface area contributed by atoms with Gasteiger partial charge in [-0.25, -0.2) is 9.07 Å². The van der Waals surface area contributed by atoms with E-state index < -0.39 is 0 Å². The van der Waals surface area contributed by atoms with Crippen molar-refractivity contribution in [2.45, 2.75) is 12.1 Å². The van der Waals surface area contributed by atoms with Crippen molar-refractivity contribution in [3.8, 4) is 17.1 Å². The Labute approximate surface area is 148 Å². The fraction of sp³-hybridized carbons (Fsp3) is 0.111. The van der Waals surface area contributed by atoms with Crippen LogP contribution in [0.25, 0.3) is 17.1 Å². The lowest BCUT2D eigenvalue weighted by atomic mass is 10.2. The third kappa shape index (κ3) is 3.10. The van der Waals surface area contributed by atoms with E-state index in [-0.39, 0.29) is 5.82 Å². The van der Waals surface area contributed by atoms with Crippen molar-refractivity contribution < 1.29 is 9.13 Å². The molecule has 3 aromatic rings. The van der Waals surface area contributed by atoms with E-state index >= 15 is 0 Å². The molecule has 0 saturated heterocycles. The highest BCUT2D eigenvalue weighted by Crippen LogP contribution is 2.31. The molecule has 7 heteroatoms. The molecule has 0 atom stereocenters. The van der Waals surface area contributed by atoms with E-state index in [9.17, 15) is 4.39 Å². The van der Waals surface area contributed by atoms with Crippen LogP contribution in [0.3, 0.4) is 0 Å². The Kier molecular flexibility index (Phi) is 4.15. The molecule has 0 spiro atoms. The molecule has 1 aromatic heterocycles. The quantitative estimate of drug-likeness (QED) is 0.763. The van der Waals surface area contributed by atoms with Crippen LogP contribution in [-0.2, 0) is 0 Å². The number of thioether (sulfide) groups is 1. The van der Waals surface area contributed by atoms with Crippen LogP contribution in [0.5, 0.6) is 5.75 Å². The minimum absolute atomic E-state index is 0.278. The zero-order chi connectivity index (χ0) is 17.2. The van der Waals surface area contributed by atoms with Gasteiger partial charge in [0.15, 0.2) is 5.82 Å². The zero-order valence-electron chi connectivity index (χ0n) is 13.4. The zero-order valence-corrected chi connectivity index (χ0v) is 14.3. The Hall–Kier alpha value is -2.80. The predicted molar refractivity (Wildman–Crippen MR) is 96.2 cm³/mol. The highest BCUT2D eigenvalue weighted by atomic mass is 32.2. The molecule has 4 rings (SSSR count). The summed E-state index contributed by atoms with van der Waals surface area (Å²) in [4.78, 5) is 0. The number of fused-ring (bicyclic) bond motifs is 1. The van der Waals surface area contributed by atoms with Gasteiger partial charge in [0.1, 0.15) is 11.6 Å². The Morgan fingerprint density at radius 3 is 2.48 bits per heavy atom. The topological polar surface area (TPSA) is 52.0 Å². The molecule has 126 valence electrons. The molecule has 5 nitrogen and oxygen atoms in total. The molecule has 0 fully saturated rings. The van der Waals surface area contributed by atoms with Crippen LogP contribution in [-0.4, -0.2) is 21.5 Å². The summed E-state index contributed by atoms with van der Waals surface area (Å²) in [7, 11) is 0. The first-order valence-corrected chi connectivity index (χ1v) is 8.71. The first-order valence-electron chi connectivity index (χ1n) is 7.83. The number of benzene rings is 2. The number of hydrogen-bond donors (Lipinski definition) is 1. The second-order valence-corrected chi connectivity index (χ2v) is 6.20. The summed E-state index contributed by atoms with van der Waals surface area (Å²) in [6, 6.07) is 14.1. The molecule has 0 unspecified atom stereocenters. The fourth-order valence-electron chi connectivity index (χ4n) is 2.52. The summed E-state index contributed by atoms with van der Waals surface area (Å²) >= 11 is 1.48. The molecule has 0 aliphatic carbocycles. The van der Waals surface area contributed by atoms with Crippen LogP contribution in [0.15, 0.2) is 59.1 Å². The molecule has 1 aliphatic heterocycles. The third-order valence-corrected chi connectivity index (χ3v) is 4.56. The van der Waals surface area contributed by atoms with Crippen LogP contribution in [0.2, 0.25) is 0 Å². The second kappa shape index (κ2) is 6.60. The lowest BCUT2D eigenvalue weighted by Crippen LogP contribution is -2.18. The Morgan fingerprint density at radius 1 is 1.04 bits per heavy atom. The highest BCUT2D eigenvalue weighted by Gasteiger charge is 2.19. The molecule has 0 radical (unpaired) electrons. The Bertz CT molecular complexity index is 919. The van der Waals surface area contributed by atoms with Gasteiger partial charge in [0.25, 0.3) is 0 Å². The summed E-state index contributed by atoms with van der Waals surface area (Å²) in [5.41, 5.74) is 6.08. The molecule has 0 amide bonds. The fourth-order valence-corrected chi connectivity index (χ4v) is 3.26. The molecular formula is C18H15FN4OS. The molecule has 0 saturated carbocycles. The van der Waals surface area contributed by atoms with Gasteiger partial charge >= 0.3 is 0 Å². The van der Waals surface area contributed by atoms with Crippen molar-refractivity contribution in [2.24, 2.45) is 0 Å². The van der Waals surface area contributed by atoms with Gasteiger partial charge in [-0.1, -0.05) is 11.8 Å². The van der Waals surface area contributed by atoms with Crippen LogP contribution >= 0.6 is 11.8 Å². The number of aromatic nitrogens is 3. The van der Waals surface area contributed by atoms with Crippen molar-refractivity contribution in [3.05, 3.63) is 65.3 Å². The third-order valence-electron chi connectivity index (χ3n) is 3.73. The van der Waals surface area contributed by atoms with Crippen LogP contribution in [0.1, 0.15) is 12.5 Å². The van der Waals surface area contributed by atoms with Crippen molar-refractivity contribution in [1.29, 1.82) is 0 Å². The van der Waals surface area contributed by atoms with Gasteiger partial charge in [-0.2, -0.15) is 0 Å². The maximum atomic E-state index is 13.2. The average Bonchev–Trinajstić information content (AvgIpc) is 3.06. The number of halogens is 1. The van der Waals surface area contributed by atoms with Crippen LogP contribution in [0, 0.1) is 5.82 Å². The van der Waals surface area contributed by atoms with Gasteiger partial charge in [0.2, 0.25) is 5.16 Å². The largest absolute Gasteiger partial charge is 0.494 e. The van der Waals surface area contributed by atoms with Gasteiger partial charge in [-0.15, -0.1) is 10.2 Å². The predicted octanol–water partition coefficient (Wildman–Crippen LogP) is 4.13.